The molecule has 3 aromatic carbocycles. The summed E-state index contributed by atoms with van der Waals surface area (Å²) in [6.07, 6.45) is 0. The van der Waals surface area contributed by atoms with Gasteiger partial charge in [-0.25, -0.2) is 0 Å². The van der Waals surface area contributed by atoms with Crippen LogP contribution in [0.25, 0.3) is 33.4 Å². The molecule has 2 heterocycles. The van der Waals surface area contributed by atoms with E-state index in [-0.39, 0.29) is 5.56 Å². The molecule has 0 aliphatic carbocycles. The largest absolute Gasteiger partial charge is 0.356 e. The number of halogens is 1. The molecular weight excluding hydrogens is 454 g/mol. The molecule has 164 valence electrons. The van der Waals surface area contributed by atoms with Gasteiger partial charge in [0, 0.05) is 45.5 Å². The van der Waals surface area contributed by atoms with Crippen molar-refractivity contribution in [2.24, 2.45) is 0 Å². The highest BCUT2D eigenvalue weighted by atomic mass is 35.5. The van der Waals surface area contributed by atoms with Gasteiger partial charge in [0.15, 0.2) is 5.76 Å². The summed E-state index contributed by atoms with van der Waals surface area (Å²) in [6, 6.07) is 24.9. The summed E-state index contributed by atoms with van der Waals surface area (Å²) in [5.74, 6) is 0.410. The maximum absolute atomic E-state index is 13.2. The second-order valence-electron chi connectivity index (χ2n) is 7.71. The number of H-pyrrole nitrogens is 1. The van der Waals surface area contributed by atoms with E-state index in [2.05, 4.69) is 28.1 Å². The molecule has 2 aromatic heterocycles. The molecule has 0 saturated carbocycles. The average Bonchev–Trinajstić information content (AvgIpc) is 3.29. The molecule has 5 aromatic rings. The van der Waals surface area contributed by atoms with Gasteiger partial charge in [0.25, 0.3) is 5.56 Å². The van der Waals surface area contributed by atoms with Crippen molar-refractivity contribution in [3.8, 4) is 22.5 Å². The summed E-state index contributed by atoms with van der Waals surface area (Å²) in [5.41, 5.74) is 4.41. The molecule has 0 unspecified atom stereocenters. The van der Waals surface area contributed by atoms with Crippen LogP contribution in [-0.4, -0.2) is 10.1 Å². The standard InChI is InChI=1S/C26H20ClN3O2S/c27-18-8-11-22-21(12-18)24(17-4-2-1-3-5-17)25(26(31)29-22)23-13-19(30-32-23)15-28-14-16-6-9-20(33)10-7-16/h1-13,28,33H,14-15H2,(H,29,31). The minimum absolute atomic E-state index is 0.244. The van der Waals surface area contributed by atoms with Gasteiger partial charge in [0.05, 0.1) is 11.3 Å². The van der Waals surface area contributed by atoms with E-state index in [1.54, 1.807) is 12.1 Å². The zero-order chi connectivity index (χ0) is 22.8. The van der Waals surface area contributed by atoms with Crippen molar-refractivity contribution < 1.29 is 4.52 Å². The zero-order valence-electron chi connectivity index (χ0n) is 17.5. The molecule has 0 bridgehead atoms. The number of aromatic amines is 1. The number of nitrogens with zero attached hydrogens (tertiary/aromatic N) is 1. The minimum Gasteiger partial charge on any atom is -0.356 e. The first kappa shape index (κ1) is 21.5. The van der Waals surface area contributed by atoms with Crippen molar-refractivity contribution in [1.29, 1.82) is 0 Å². The highest BCUT2D eigenvalue weighted by Gasteiger charge is 2.20. The summed E-state index contributed by atoms with van der Waals surface area (Å²) in [6.45, 7) is 1.19. The molecule has 5 nitrogen and oxygen atoms in total. The fourth-order valence-corrected chi connectivity index (χ4v) is 4.19. The highest BCUT2D eigenvalue weighted by molar-refractivity contribution is 7.80. The van der Waals surface area contributed by atoms with Crippen LogP contribution in [0.15, 0.2) is 93.1 Å². The number of hydrogen-bond acceptors (Lipinski definition) is 5. The van der Waals surface area contributed by atoms with Crippen LogP contribution < -0.4 is 10.9 Å². The molecular formula is C26H20ClN3O2S. The van der Waals surface area contributed by atoms with Crippen LogP contribution in [0.3, 0.4) is 0 Å². The molecule has 5 rings (SSSR count). The van der Waals surface area contributed by atoms with E-state index < -0.39 is 0 Å². The van der Waals surface area contributed by atoms with Gasteiger partial charge < -0.3 is 14.8 Å². The van der Waals surface area contributed by atoms with Gasteiger partial charge in [-0.1, -0.05) is 59.2 Å². The van der Waals surface area contributed by atoms with Gasteiger partial charge in [-0.2, -0.15) is 0 Å². The van der Waals surface area contributed by atoms with Crippen LogP contribution in [0.4, 0.5) is 0 Å². The van der Waals surface area contributed by atoms with Gasteiger partial charge in [-0.05, 0) is 41.5 Å². The number of fused-ring (bicyclic) bond motifs is 1. The molecule has 7 heteroatoms. The Bertz CT molecular complexity index is 1480. The molecule has 0 fully saturated rings. The lowest BCUT2D eigenvalue weighted by Gasteiger charge is -2.11. The summed E-state index contributed by atoms with van der Waals surface area (Å²) in [7, 11) is 0. The van der Waals surface area contributed by atoms with E-state index in [0.29, 0.717) is 40.6 Å². The smallest absolute Gasteiger partial charge is 0.260 e. The lowest BCUT2D eigenvalue weighted by Crippen LogP contribution is -2.13. The minimum atomic E-state index is -0.244. The van der Waals surface area contributed by atoms with E-state index in [4.69, 9.17) is 16.1 Å². The Hall–Kier alpha value is -3.32. The number of aromatic nitrogens is 2. The fraction of sp³-hybridized carbons (Fsp3) is 0.0769. The monoisotopic (exact) mass is 473 g/mol. The Labute approximate surface area is 200 Å². The van der Waals surface area contributed by atoms with Crippen molar-refractivity contribution in [3.63, 3.8) is 0 Å². The predicted octanol–water partition coefficient (Wildman–Crippen LogP) is 6.08. The Morgan fingerprint density at radius 3 is 2.52 bits per heavy atom. The molecule has 2 N–H and O–H groups in total. The molecule has 0 aliphatic rings. The van der Waals surface area contributed by atoms with E-state index in [1.807, 2.05) is 66.7 Å². The number of hydrogen-bond donors (Lipinski definition) is 3. The van der Waals surface area contributed by atoms with Crippen molar-refractivity contribution >= 4 is 35.1 Å². The Kier molecular flexibility index (Phi) is 6.05. The second-order valence-corrected chi connectivity index (χ2v) is 8.67. The first-order valence-corrected chi connectivity index (χ1v) is 11.3. The Morgan fingerprint density at radius 2 is 1.73 bits per heavy atom. The number of nitrogens with one attached hydrogen (secondary N) is 2. The normalized spacial score (nSPS) is 11.2. The van der Waals surface area contributed by atoms with Crippen LogP contribution in [0.5, 0.6) is 0 Å². The lowest BCUT2D eigenvalue weighted by atomic mass is 9.95. The third-order valence-corrected chi connectivity index (χ3v) is 5.95. The molecule has 0 atom stereocenters. The predicted molar refractivity (Wildman–Crippen MR) is 135 cm³/mol. The maximum atomic E-state index is 13.2. The third kappa shape index (κ3) is 4.59. The van der Waals surface area contributed by atoms with Crippen LogP contribution >= 0.6 is 24.2 Å². The van der Waals surface area contributed by atoms with Crippen LogP contribution in [0, 0.1) is 0 Å². The van der Waals surface area contributed by atoms with Gasteiger partial charge in [-0.15, -0.1) is 12.6 Å². The quantitative estimate of drug-likeness (QED) is 0.261. The first-order chi connectivity index (χ1) is 16.1. The molecule has 0 saturated heterocycles. The van der Waals surface area contributed by atoms with E-state index in [1.165, 1.54) is 0 Å². The Morgan fingerprint density at radius 1 is 0.939 bits per heavy atom. The van der Waals surface area contributed by atoms with Crippen molar-refractivity contribution in [2.75, 3.05) is 0 Å². The summed E-state index contributed by atoms with van der Waals surface area (Å²) >= 11 is 10.6. The number of pyridine rings is 1. The summed E-state index contributed by atoms with van der Waals surface area (Å²) < 4.78 is 5.64. The highest BCUT2D eigenvalue weighted by Crippen LogP contribution is 2.36. The van der Waals surface area contributed by atoms with Gasteiger partial charge >= 0.3 is 0 Å². The van der Waals surface area contributed by atoms with Crippen molar-refractivity contribution in [1.82, 2.24) is 15.5 Å². The average molecular weight is 474 g/mol. The first-order valence-electron chi connectivity index (χ1n) is 10.4. The number of benzene rings is 3. The van der Waals surface area contributed by atoms with Crippen molar-refractivity contribution in [2.45, 2.75) is 18.0 Å². The lowest BCUT2D eigenvalue weighted by molar-refractivity contribution is 0.419. The van der Waals surface area contributed by atoms with Crippen molar-refractivity contribution in [3.05, 3.63) is 105 Å². The van der Waals surface area contributed by atoms with E-state index in [0.717, 1.165) is 27.0 Å². The zero-order valence-corrected chi connectivity index (χ0v) is 19.2. The van der Waals surface area contributed by atoms with Crippen LogP contribution in [0.1, 0.15) is 11.3 Å². The fourth-order valence-electron chi connectivity index (χ4n) is 3.87. The third-order valence-electron chi connectivity index (χ3n) is 5.42. The SMILES string of the molecule is O=c1[nH]c2ccc(Cl)cc2c(-c2ccccc2)c1-c1cc(CNCc2ccc(S)cc2)no1. The second kappa shape index (κ2) is 9.27. The van der Waals surface area contributed by atoms with Gasteiger partial charge in [-0.3, -0.25) is 4.79 Å². The molecule has 0 aliphatic heterocycles. The molecule has 0 amide bonds. The summed E-state index contributed by atoms with van der Waals surface area (Å²) in [5, 5.41) is 8.96. The van der Waals surface area contributed by atoms with E-state index in [9.17, 15) is 4.79 Å². The van der Waals surface area contributed by atoms with Gasteiger partial charge in [0.1, 0.15) is 0 Å². The summed E-state index contributed by atoms with van der Waals surface area (Å²) in [4.78, 5) is 17.0. The number of rotatable bonds is 6. The van der Waals surface area contributed by atoms with Crippen LogP contribution in [-0.2, 0) is 13.1 Å². The molecule has 0 radical (unpaired) electrons. The van der Waals surface area contributed by atoms with E-state index >= 15 is 0 Å². The van der Waals surface area contributed by atoms with Gasteiger partial charge in [0.2, 0.25) is 0 Å². The van der Waals surface area contributed by atoms with Crippen LogP contribution in [0.2, 0.25) is 5.02 Å². The Balaban J connectivity index is 1.51. The molecule has 0 spiro atoms. The number of thiol groups is 1. The molecule has 33 heavy (non-hydrogen) atoms. The maximum Gasteiger partial charge on any atom is 0.260 e. The topological polar surface area (TPSA) is 70.9 Å².